The van der Waals surface area contributed by atoms with Gasteiger partial charge in [0.15, 0.2) is 10.8 Å². The Morgan fingerprint density at radius 2 is 1.96 bits per heavy atom. The van der Waals surface area contributed by atoms with Crippen LogP contribution in [-0.2, 0) is 6.42 Å². The lowest BCUT2D eigenvalue weighted by atomic mass is 10.1. The van der Waals surface area contributed by atoms with Gasteiger partial charge >= 0.3 is 0 Å². The number of hydrogen-bond donors (Lipinski definition) is 1. The van der Waals surface area contributed by atoms with Crippen molar-refractivity contribution in [1.82, 2.24) is 19.6 Å². The van der Waals surface area contributed by atoms with Gasteiger partial charge in [0.05, 0.1) is 5.69 Å². The number of carbonyl (C=O) groups is 1. The van der Waals surface area contributed by atoms with Crippen molar-refractivity contribution in [3.8, 4) is 0 Å². The van der Waals surface area contributed by atoms with Crippen LogP contribution >= 0.6 is 11.3 Å². The van der Waals surface area contributed by atoms with E-state index in [1.54, 1.807) is 4.52 Å². The first-order valence-corrected chi connectivity index (χ1v) is 9.46. The second-order valence-corrected chi connectivity index (χ2v) is 7.60. The second-order valence-electron chi connectivity index (χ2n) is 6.48. The molecule has 1 N–H and O–H groups in total. The number of anilines is 1. The summed E-state index contributed by atoms with van der Waals surface area (Å²) in [5.74, 6) is -0.236. The van der Waals surface area contributed by atoms with Crippen LogP contribution in [0.3, 0.4) is 0 Å². The third-order valence-corrected chi connectivity index (χ3v) is 5.21. The summed E-state index contributed by atoms with van der Waals surface area (Å²) in [4.78, 5) is 22.8. The zero-order valence-electron chi connectivity index (χ0n) is 15.4. The van der Waals surface area contributed by atoms with Crippen LogP contribution in [0.1, 0.15) is 37.9 Å². The van der Waals surface area contributed by atoms with E-state index in [-0.39, 0.29) is 5.91 Å². The Kier molecular flexibility index (Phi) is 4.45. The van der Waals surface area contributed by atoms with E-state index in [1.165, 1.54) is 16.9 Å². The molecule has 1 amide bonds. The number of nitrogens with zero attached hydrogens (tertiary/aromatic N) is 4. The molecule has 0 radical (unpaired) electrons. The SMILES string of the molecule is Cc1cc(C)n2nc(C)c(C(=O)Nc3ncc(Cc4ccccc4)s3)c2n1. The van der Waals surface area contributed by atoms with Crippen molar-refractivity contribution in [3.63, 3.8) is 0 Å². The molecule has 4 rings (SSSR count). The van der Waals surface area contributed by atoms with Gasteiger partial charge in [0.2, 0.25) is 0 Å². The van der Waals surface area contributed by atoms with Crippen LogP contribution < -0.4 is 5.32 Å². The molecule has 0 atom stereocenters. The van der Waals surface area contributed by atoms with Crippen molar-refractivity contribution in [2.24, 2.45) is 0 Å². The maximum Gasteiger partial charge on any atom is 0.263 e. The molecule has 7 heteroatoms. The Labute approximate surface area is 160 Å². The molecule has 0 aliphatic heterocycles. The minimum Gasteiger partial charge on any atom is -0.298 e. The fourth-order valence-electron chi connectivity index (χ4n) is 3.10. The number of fused-ring (bicyclic) bond motifs is 1. The summed E-state index contributed by atoms with van der Waals surface area (Å²) in [5.41, 5.74) is 4.72. The molecule has 27 heavy (non-hydrogen) atoms. The number of aryl methyl sites for hydroxylation is 3. The first-order chi connectivity index (χ1) is 13.0. The van der Waals surface area contributed by atoms with Crippen molar-refractivity contribution in [3.05, 3.63) is 75.7 Å². The van der Waals surface area contributed by atoms with Crippen molar-refractivity contribution < 1.29 is 4.79 Å². The monoisotopic (exact) mass is 377 g/mol. The van der Waals surface area contributed by atoms with Gasteiger partial charge in [0.25, 0.3) is 5.91 Å². The van der Waals surface area contributed by atoms with Crippen LogP contribution in [0.25, 0.3) is 5.65 Å². The highest BCUT2D eigenvalue weighted by Crippen LogP contribution is 2.23. The molecule has 6 nitrogen and oxygen atoms in total. The van der Waals surface area contributed by atoms with Gasteiger partial charge < -0.3 is 0 Å². The standard InChI is InChI=1S/C20H19N5OS/c1-12-9-13(2)25-18(22-12)17(14(3)24-25)19(26)23-20-21-11-16(27-20)10-15-7-5-4-6-8-15/h4-9,11H,10H2,1-3H3,(H,21,23,26). The Hall–Kier alpha value is -3.06. The maximum absolute atomic E-state index is 12.9. The fraction of sp³-hybridized carbons (Fsp3) is 0.200. The summed E-state index contributed by atoms with van der Waals surface area (Å²) in [5, 5.41) is 7.93. The molecule has 3 heterocycles. The molecule has 0 spiro atoms. The molecule has 3 aromatic heterocycles. The summed E-state index contributed by atoms with van der Waals surface area (Å²) in [6.07, 6.45) is 2.60. The Morgan fingerprint density at radius 1 is 1.19 bits per heavy atom. The predicted molar refractivity (Wildman–Crippen MR) is 107 cm³/mol. The molecule has 0 saturated carbocycles. The van der Waals surface area contributed by atoms with Gasteiger partial charge in [-0.15, -0.1) is 11.3 Å². The number of amides is 1. The number of hydrogen-bond acceptors (Lipinski definition) is 5. The van der Waals surface area contributed by atoms with Gasteiger partial charge in [-0.1, -0.05) is 30.3 Å². The van der Waals surface area contributed by atoms with Gasteiger partial charge in [-0.25, -0.2) is 14.5 Å². The number of rotatable bonds is 4. The average molecular weight is 377 g/mol. The third kappa shape index (κ3) is 3.46. The summed E-state index contributed by atoms with van der Waals surface area (Å²) in [6.45, 7) is 5.68. The van der Waals surface area contributed by atoms with E-state index >= 15 is 0 Å². The molecular weight excluding hydrogens is 358 g/mol. The van der Waals surface area contributed by atoms with Crippen LogP contribution in [0.2, 0.25) is 0 Å². The molecule has 4 aromatic rings. The fourth-order valence-corrected chi connectivity index (χ4v) is 3.94. The molecular formula is C20H19N5OS. The molecule has 0 aliphatic carbocycles. The summed E-state index contributed by atoms with van der Waals surface area (Å²) >= 11 is 1.48. The van der Waals surface area contributed by atoms with E-state index in [1.807, 2.05) is 51.2 Å². The highest BCUT2D eigenvalue weighted by atomic mass is 32.1. The first kappa shape index (κ1) is 17.4. The smallest absolute Gasteiger partial charge is 0.263 e. The van der Waals surface area contributed by atoms with E-state index in [4.69, 9.17) is 0 Å². The third-order valence-electron chi connectivity index (χ3n) is 4.29. The lowest BCUT2D eigenvalue weighted by Crippen LogP contribution is -2.13. The van der Waals surface area contributed by atoms with E-state index in [0.29, 0.717) is 22.0 Å². The normalized spacial score (nSPS) is 11.1. The Bertz CT molecular complexity index is 1130. The molecule has 0 fully saturated rings. The molecule has 0 bridgehead atoms. The van der Waals surface area contributed by atoms with Gasteiger partial charge in [-0.05, 0) is 32.4 Å². The highest BCUT2D eigenvalue weighted by Gasteiger charge is 2.20. The summed E-state index contributed by atoms with van der Waals surface area (Å²) in [6, 6.07) is 12.1. The first-order valence-electron chi connectivity index (χ1n) is 8.65. The predicted octanol–water partition coefficient (Wildman–Crippen LogP) is 3.95. The largest absolute Gasteiger partial charge is 0.298 e. The summed E-state index contributed by atoms with van der Waals surface area (Å²) in [7, 11) is 0. The number of aromatic nitrogens is 4. The van der Waals surface area contributed by atoms with E-state index in [0.717, 1.165) is 22.7 Å². The van der Waals surface area contributed by atoms with Gasteiger partial charge in [-0.2, -0.15) is 5.10 Å². The lowest BCUT2D eigenvalue weighted by Gasteiger charge is -2.03. The number of carbonyl (C=O) groups excluding carboxylic acids is 1. The topological polar surface area (TPSA) is 72.2 Å². The van der Waals surface area contributed by atoms with E-state index in [9.17, 15) is 4.79 Å². The van der Waals surface area contributed by atoms with Crippen LogP contribution in [0.5, 0.6) is 0 Å². The Balaban J connectivity index is 1.58. The van der Waals surface area contributed by atoms with Crippen LogP contribution in [0.4, 0.5) is 5.13 Å². The van der Waals surface area contributed by atoms with Crippen LogP contribution in [0.15, 0.2) is 42.6 Å². The van der Waals surface area contributed by atoms with Crippen LogP contribution in [-0.4, -0.2) is 25.5 Å². The van der Waals surface area contributed by atoms with Crippen molar-refractivity contribution in [1.29, 1.82) is 0 Å². The number of nitrogens with one attached hydrogen (secondary N) is 1. The zero-order valence-corrected chi connectivity index (χ0v) is 16.2. The second kappa shape index (κ2) is 6.92. The van der Waals surface area contributed by atoms with E-state index < -0.39 is 0 Å². The molecule has 136 valence electrons. The quantitative estimate of drug-likeness (QED) is 0.584. The zero-order chi connectivity index (χ0) is 19.0. The lowest BCUT2D eigenvalue weighted by molar-refractivity contribution is 0.102. The maximum atomic E-state index is 12.9. The summed E-state index contributed by atoms with van der Waals surface area (Å²) < 4.78 is 1.71. The van der Waals surface area contributed by atoms with Gasteiger partial charge in [0, 0.05) is 28.9 Å². The van der Waals surface area contributed by atoms with Crippen LogP contribution in [0, 0.1) is 20.8 Å². The minimum atomic E-state index is -0.236. The van der Waals surface area contributed by atoms with Gasteiger partial charge in [0.1, 0.15) is 5.56 Å². The Morgan fingerprint density at radius 3 is 2.74 bits per heavy atom. The van der Waals surface area contributed by atoms with Gasteiger partial charge in [-0.3, -0.25) is 10.1 Å². The van der Waals surface area contributed by atoms with Crippen molar-refractivity contribution >= 4 is 28.0 Å². The molecule has 0 aliphatic rings. The van der Waals surface area contributed by atoms with Crippen molar-refractivity contribution in [2.45, 2.75) is 27.2 Å². The molecule has 0 saturated heterocycles. The average Bonchev–Trinajstić information content (AvgIpc) is 3.19. The number of thiazole rings is 1. The minimum absolute atomic E-state index is 0.236. The molecule has 1 aromatic carbocycles. The van der Waals surface area contributed by atoms with Crippen molar-refractivity contribution in [2.75, 3.05) is 5.32 Å². The number of benzene rings is 1. The molecule has 0 unspecified atom stereocenters. The van der Waals surface area contributed by atoms with E-state index in [2.05, 4.69) is 32.5 Å². The highest BCUT2D eigenvalue weighted by molar-refractivity contribution is 7.15.